The van der Waals surface area contributed by atoms with Crippen molar-refractivity contribution in [2.24, 2.45) is 0 Å². The first-order valence-corrected chi connectivity index (χ1v) is 13.4. The monoisotopic (exact) mass is 561 g/mol. The van der Waals surface area contributed by atoms with Crippen LogP contribution in [0.1, 0.15) is 32.3 Å². The van der Waals surface area contributed by atoms with E-state index < -0.39 is 11.5 Å². The van der Waals surface area contributed by atoms with Gasteiger partial charge in [-0.3, -0.25) is 4.79 Å². The van der Waals surface area contributed by atoms with E-state index in [1.54, 1.807) is 35.2 Å². The number of hydrogen-bond acceptors (Lipinski definition) is 6. The van der Waals surface area contributed by atoms with Crippen molar-refractivity contribution in [1.29, 1.82) is 0 Å². The topological polar surface area (TPSA) is 91.6 Å². The van der Waals surface area contributed by atoms with Gasteiger partial charge in [-0.1, -0.05) is 56.3 Å². The Balaban J connectivity index is 1.81. The lowest BCUT2D eigenvalue weighted by Gasteiger charge is -2.40. The summed E-state index contributed by atoms with van der Waals surface area (Å²) in [5, 5.41) is 11.6. The molecule has 0 aliphatic carbocycles. The number of rotatable bonds is 5. The van der Waals surface area contributed by atoms with Crippen molar-refractivity contribution in [1.82, 2.24) is 19.4 Å². The van der Waals surface area contributed by atoms with E-state index in [1.807, 2.05) is 31.7 Å². The van der Waals surface area contributed by atoms with Gasteiger partial charge < -0.3 is 14.9 Å². The normalized spacial score (nSPS) is 15.6. The Morgan fingerprint density at radius 3 is 2.60 bits per heavy atom. The summed E-state index contributed by atoms with van der Waals surface area (Å²) in [7, 11) is 0. The van der Waals surface area contributed by atoms with Gasteiger partial charge in [0.25, 0.3) is 0 Å². The van der Waals surface area contributed by atoms with E-state index in [4.69, 9.17) is 16.6 Å². The maximum atomic E-state index is 14.9. The molecule has 1 unspecified atom stereocenters. The molecule has 10 heteroatoms. The van der Waals surface area contributed by atoms with Crippen LogP contribution in [0.5, 0.6) is 5.75 Å². The van der Waals surface area contributed by atoms with Gasteiger partial charge in [-0.15, -0.1) is 0 Å². The molecular weight excluding hydrogens is 533 g/mol. The molecule has 1 aliphatic heterocycles. The van der Waals surface area contributed by atoms with Gasteiger partial charge >= 0.3 is 5.69 Å². The molecule has 206 valence electrons. The summed E-state index contributed by atoms with van der Waals surface area (Å²) in [5.74, 6) is -0.484. The SMILES string of the molecule is C=CC(=O)N1CCN(c2nc(=O)n(-c3c(O)cccc3C(C)C)c3nc(-c4ccccc4F)c(Cl)cc23)C(C)C1. The second kappa shape index (κ2) is 10.7. The number of hydrogen-bond donors (Lipinski definition) is 1. The van der Waals surface area contributed by atoms with Crippen LogP contribution < -0.4 is 10.6 Å². The van der Waals surface area contributed by atoms with E-state index >= 15 is 0 Å². The summed E-state index contributed by atoms with van der Waals surface area (Å²) >= 11 is 6.72. The van der Waals surface area contributed by atoms with Crippen molar-refractivity contribution < 1.29 is 14.3 Å². The van der Waals surface area contributed by atoms with Crippen LogP contribution in [0.3, 0.4) is 0 Å². The van der Waals surface area contributed by atoms with Gasteiger partial charge in [-0.25, -0.2) is 18.7 Å². The van der Waals surface area contributed by atoms with Gasteiger partial charge in [-0.2, -0.15) is 4.98 Å². The zero-order valence-corrected chi connectivity index (χ0v) is 23.2. The molecule has 0 saturated carbocycles. The molecule has 3 heterocycles. The zero-order valence-electron chi connectivity index (χ0n) is 22.4. The van der Waals surface area contributed by atoms with E-state index in [9.17, 15) is 19.1 Å². The molecule has 8 nitrogen and oxygen atoms in total. The van der Waals surface area contributed by atoms with Gasteiger partial charge in [-0.05, 0) is 48.7 Å². The third-order valence-electron chi connectivity index (χ3n) is 7.21. The van der Waals surface area contributed by atoms with E-state index in [0.29, 0.717) is 36.4 Å². The first-order chi connectivity index (χ1) is 19.1. The molecule has 2 aromatic heterocycles. The van der Waals surface area contributed by atoms with Crippen molar-refractivity contribution in [2.75, 3.05) is 24.5 Å². The second-order valence-corrected chi connectivity index (χ2v) is 10.5. The van der Waals surface area contributed by atoms with Gasteiger partial charge in [0.2, 0.25) is 5.91 Å². The number of piperazine rings is 1. The summed E-state index contributed by atoms with van der Waals surface area (Å²) in [6.07, 6.45) is 1.28. The molecule has 0 bridgehead atoms. The fourth-order valence-electron chi connectivity index (χ4n) is 5.23. The summed E-state index contributed by atoms with van der Waals surface area (Å²) in [6, 6.07) is 12.6. The number of halogens is 2. The fourth-order valence-corrected chi connectivity index (χ4v) is 5.48. The van der Waals surface area contributed by atoms with Crippen LogP contribution in [-0.2, 0) is 4.79 Å². The standard InChI is InChI=1S/C30H29ClFN5O3/c1-5-25(39)35-13-14-36(18(4)16-35)28-21-15-22(31)26(20-9-6-7-11-23(20)32)33-29(21)37(30(40)34-28)27-19(17(2)3)10-8-12-24(27)38/h5-12,15,17-18,38H,1,13-14,16H2,2-4H3. The first kappa shape index (κ1) is 27.3. The number of aromatic hydroxyl groups is 1. The van der Waals surface area contributed by atoms with Crippen molar-refractivity contribution in [3.05, 3.63) is 88.1 Å². The van der Waals surface area contributed by atoms with Crippen LogP contribution in [0.2, 0.25) is 5.02 Å². The number of carbonyl (C=O) groups excluding carboxylic acids is 1. The second-order valence-electron chi connectivity index (χ2n) is 10.1. The van der Waals surface area contributed by atoms with E-state index in [1.165, 1.54) is 22.8 Å². The third kappa shape index (κ3) is 4.70. The highest BCUT2D eigenvalue weighted by Gasteiger charge is 2.30. The Hall–Kier alpha value is -4.24. The number of phenolic OH excluding ortho intramolecular Hbond substituents is 1. The van der Waals surface area contributed by atoms with E-state index in [-0.39, 0.29) is 51.2 Å². The van der Waals surface area contributed by atoms with Crippen LogP contribution in [0, 0.1) is 5.82 Å². The predicted molar refractivity (Wildman–Crippen MR) is 155 cm³/mol. The number of carbonyl (C=O) groups is 1. The lowest BCUT2D eigenvalue weighted by atomic mass is 10.00. The molecule has 1 atom stereocenters. The van der Waals surface area contributed by atoms with Crippen LogP contribution >= 0.6 is 11.6 Å². The first-order valence-electron chi connectivity index (χ1n) is 13.0. The number of aromatic nitrogens is 3. The Morgan fingerprint density at radius 2 is 1.93 bits per heavy atom. The zero-order chi connectivity index (χ0) is 28.7. The molecule has 1 amide bonds. The minimum atomic E-state index is -0.656. The number of benzene rings is 2. The molecule has 1 N–H and O–H groups in total. The Kier molecular flexibility index (Phi) is 7.33. The minimum absolute atomic E-state index is 0.0439. The van der Waals surface area contributed by atoms with E-state index in [0.717, 1.165) is 0 Å². The Bertz CT molecular complexity index is 1700. The smallest absolute Gasteiger partial charge is 0.355 e. The number of para-hydroxylation sites is 1. The molecule has 1 aliphatic rings. The molecule has 0 spiro atoms. The van der Waals surface area contributed by atoms with Crippen molar-refractivity contribution in [2.45, 2.75) is 32.7 Å². The fraction of sp³-hybridized carbons (Fsp3) is 0.267. The molecule has 1 fully saturated rings. The highest BCUT2D eigenvalue weighted by molar-refractivity contribution is 6.33. The van der Waals surface area contributed by atoms with Crippen molar-refractivity contribution >= 4 is 34.4 Å². The number of amides is 1. The predicted octanol–water partition coefficient (Wildman–Crippen LogP) is 5.29. The maximum Gasteiger partial charge on any atom is 0.355 e. The molecular formula is C30H29ClFN5O3. The highest BCUT2D eigenvalue weighted by Crippen LogP contribution is 2.37. The van der Waals surface area contributed by atoms with Crippen molar-refractivity contribution in [3.8, 4) is 22.7 Å². The molecule has 4 aromatic rings. The van der Waals surface area contributed by atoms with Crippen LogP contribution in [0.4, 0.5) is 10.2 Å². The summed E-state index contributed by atoms with van der Waals surface area (Å²) in [4.78, 5) is 38.9. The van der Waals surface area contributed by atoms with Crippen LogP contribution in [0.25, 0.3) is 28.0 Å². The molecule has 5 rings (SSSR count). The highest BCUT2D eigenvalue weighted by atomic mass is 35.5. The average Bonchev–Trinajstić information content (AvgIpc) is 2.93. The lowest BCUT2D eigenvalue weighted by molar-refractivity contribution is -0.126. The van der Waals surface area contributed by atoms with E-state index in [2.05, 4.69) is 11.6 Å². The van der Waals surface area contributed by atoms with Crippen LogP contribution in [-0.4, -0.2) is 56.1 Å². The minimum Gasteiger partial charge on any atom is -0.506 e. The lowest BCUT2D eigenvalue weighted by Crippen LogP contribution is -2.54. The van der Waals surface area contributed by atoms with Crippen molar-refractivity contribution in [3.63, 3.8) is 0 Å². The number of anilines is 1. The van der Waals surface area contributed by atoms with Gasteiger partial charge in [0.05, 0.1) is 21.8 Å². The average molecular weight is 562 g/mol. The molecule has 2 aromatic carbocycles. The molecule has 40 heavy (non-hydrogen) atoms. The Labute approximate surface area is 236 Å². The summed E-state index contributed by atoms with van der Waals surface area (Å²) in [6.45, 7) is 10.6. The van der Waals surface area contributed by atoms with Crippen LogP contribution in [0.15, 0.2) is 66.0 Å². The van der Waals surface area contributed by atoms with Gasteiger partial charge in [0, 0.05) is 31.2 Å². The Morgan fingerprint density at radius 1 is 1.18 bits per heavy atom. The summed E-state index contributed by atoms with van der Waals surface area (Å²) < 4.78 is 16.1. The number of phenols is 1. The largest absolute Gasteiger partial charge is 0.506 e. The molecule has 1 saturated heterocycles. The number of pyridine rings is 1. The third-order valence-corrected chi connectivity index (χ3v) is 7.50. The number of fused-ring (bicyclic) bond motifs is 1. The van der Waals surface area contributed by atoms with Gasteiger partial charge in [0.1, 0.15) is 17.4 Å². The molecule has 0 radical (unpaired) electrons. The maximum absolute atomic E-state index is 14.9. The quantitative estimate of drug-likeness (QED) is 0.333. The number of nitrogens with zero attached hydrogens (tertiary/aromatic N) is 5. The van der Waals surface area contributed by atoms with Gasteiger partial charge in [0.15, 0.2) is 5.65 Å². The summed E-state index contributed by atoms with van der Waals surface area (Å²) in [5.41, 5.74) is 0.837.